The van der Waals surface area contributed by atoms with Gasteiger partial charge in [-0.05, 0) is 38.3 Å². The van der Waals surface area contributed by atoms with Gasteiger partial charge in [0.2, 0.25) is 5.89 Å². The summed E-state index contributed by atoms with van der Waals surface area (Å²) in [7, 11) is 0. The lowest BCUT2D eigenvalue weighted by molar-refractivity contribution is 0.282. The fraction of sp³-hybridized carbons (Fsp3) is 0.471. The lowest BCUT2D eigenvalue weighted by atomic mass is 10.1. The second-order valence-electron chi connectivity index (χ2n) is 5.13. The fourth-order valence-corrected chi connectivity index (χ4v) is 2.30. The monoisotopic (exact) mass is 273 g/mol. The van der Waals surface area contributed by atoms with Gasteiger partial charge in [0, 0.05) is 12.2 Å². The van der Waals surface area contributed by atoms with E-state index in [0.29, 0.717) is 6.61 Å². The van der Waals surface area contributed by atoms with Crippen LogP contribution in [0.2, 0.25) is 0 Å². The molecular formula is C17H23NO2. The minimum atomic E-state index is 0.308. The molecule has 1 heterocycles. The average molecular weight is 273 g/mol. The van der Waals surface area contributed by atoms with Crippen molar-refractivity contribution in [1.82, 2.24) is 4.98 Å². The summed E-state index contributed by atoms with van der Waals surface area (Å²) in [5.74, 6) is 1.65. The number of aryl methyl sites for hydroxylation is 2. The van der Waals surface area contributed by atoms with E-state index in [2.05, 4.69) is 4.98 Å². The highest BCUT2D eigenvalue weighted by Gasteiger charge is 2.10. The van der Waals surface area contributed by atoms with Gasteiger partial charge in [0.05, 0.1) is 5.69 Å². The Hall–Kier alpha value is -1.61. The van der Waals surface area contributed by atoms with Crippen LogP contribution in [0.15, 0.2) is 34.7 Å². The molecule has 20 heavy (non-hydrogen) atoms. The molecule has 0 aliphatic heterocycles. The smallest absolute Gasteiger partial charge is 0.226 e. The van der Waals surface area contributed by atoms with E-state index in [4.69, 9.17) is 9.52 Å². The summed E-state index contributed by atoms with van der Waals surface area (Å²) >= 11 is 0. The quantitative estimate of drug-likeness (QED) is 0.735. The van der Waals surface area contributed by atoms with Crippen molar-refractivity contribution >= 4 is 0 Å². The first kappa shape index (κ1) is 14.8. The molecule has 0 aliphatic rings. The Morgan fingerprint density at radius 1 is 1.00 bits per heavy atom. The molecule has 3 heteroatoms. The van der Waals surface area contributed by atoms with Gasteiger partial charge in [0.1, 0.15) is 5.76 Å². The predicted octanol–water partition coefficient (Wildman–Crippen LogP) is 4.14. The molecule has 0 atom stereocenters. The van der Waals surface area contributed by atoms with Gasteiger partial charge >= 0.3 is 0 Å². The minimum absolute atomic E-state index is 0.308. The van der Waals surface area contributed by atoms with Crippen LogP contribution in [-0.2, 0) is 6.42 Å². The van der Waals surface area contributed by atoms with Crippen LogP contribution < -0.4 is 0 Å². The van der Waals surface area contributed by atoms with Crippen molar-refractivity contribution < 1.29 is 9.52 Å². The highest BCUT2D eigenvalue weighted by atomic mass is 16.4. The number of aliphatic hydroxyl groups excluding tert-OH is 1. The highest BCUT2D eigenvalue weighted by Crippen LogP contribution is 2.22. The van der Waals surface area contributed by atoms with Gasteiger partial charge in [0.25, 0.3) is 0 Å². The molecule has 0 saturated carbocycles. The van der Waals surface area contributed by atoms with Crippen LogP contribution in [0.3, 0.4) is 0 Å². The maximum atomic E-state index is 8.73. The predicted molar refractivity (Wildman–Crippen MR) is 80.6 cm³/mol. The number of aromatic nitrogens is 1. The maximum absolute atomic E-state index is 8.73. The number of rotatable bonds is 8. The van der Waals surface area contributed by atoms with E-state index < -0.39 is 0 Å². The molecule has 0 unspecified atom stereocenters. The molecule has 2 rings (SSSR count). The summed E-state index contributed by atoms with van der Waals surface area (Å²) in [6.45, 7) is 2.30. The van der Waals surface area contributed by atoms with E-state index in [1.807, 2.05) is 37.3 Å². The highest BCUT2D eigenvalue weighted by molar-refractivity contribution is 5.53. The Labute approximate surface area is 120 Å². The number of hydrogen-bond donors (Lipinski definition) is 1. The van der Waals surface area contributed by atoms with Gasteiger partial charge < -0.3 is 9.52 Å². The number of unbranched alkanes of at least 4 members (excludes halogenated alkanes) is 4. The zero-order valence-corrected chi connectivity index (χ0v) is 12.1. The Kier molecular flexibility index (Phi) is 5.81. The first-order valence-corrected chi connectivity index (χ1v) is 7.44. The zero-order chi connectivity index (χ0) is 14.2. The summed E-state index contributed by atoms with van der Waals surface area (Å²) in [5, 5.41) is 8.73. The number of hydrogen-bond acceptors (Lipinski definition) is 3. The van der Waals surface area contributed by atoms with Crippen molar-refractivity contribution in [3.05, 3.63) is 41.8 Å². The molecule has 0 radical (unpaired) electrons. The lowest BCUT2D eigenvalue weighted by Gasteiger charge is -1.99. The van der Waals surface area contributed by atoms with Gasteiger partial charge in [-0.1, -0.05) is 37.5 Å². The van der Waals surface area contributed by atoms with Crippen molar-refractivity contribution in [1.29, 1.82) is 0 Å². The molecule has 1 aromatic carbocycles. The van der Waals surface area contributed by atoms with E-state index in [9.17, 15) is 0 Å². The lowest BCUT2D eigenvalue weighted by Crippen LogP contribution is -1.90. The Morgan fingerprint density at radius 3 is 2.45 bits per heavy atom. The first-order valence-electron chi connectivity index (χ1n) is 7.44. The van der Waals surface area contributed by atoms with Crippen LogP contribution in [0.4, 0.5) is 0 Å². The molecule has 0 bridgehead atoms. The molecule has 0 fully saturated rings. The van der Waals surface area contributed by atoms with Crippen LogP contribution in [0.1, 0.15) is 43.6 Å². The van der Waals surface area contributed by atoms with Gasteiger partial charge in [-0.25, -0.2) is 4.98 Å². The number of nitrogens with zero attached hydrogens (tertiary/aromatic N) is 1. The van der Waals surface area contributed by atoms with Gasteiger partial charge in [-0.15, -0.1) is 0 Å². The molecular weight excluding hydrogens is 250 g/mol. The zero-order valence-electron chi connectivity index (χ0n) is 12.1. The van der Waals surface area contributed by atoms with E-state index in [1.165, 1.54) is 12.8 Å². The van der Waals surface area contributed by atoms with Crippen molar-refractivity contribution in [2.75, 3.05) is 6.61 Å². The second-order valence-corrected chi connectivity index (χ2v) is 5.13. The average Bonchev–Trinajstić information content (AvgIpc) is 2.85. The molecule has 108 valence electrons. The molecule has 2 aromatic rings. The molecule has 3 nitrogen and oxygen atoms in total. The van der Waals surface area contributed by atoms with E-state index in [-0.39, 0.29) is 0 Å². The Morgan fingerprint density at radius 2 is 1.70 bits per heavy atom. The van der Waals surface area contributed by atoms with Crippen LogP contribution in [0, 0.1) is 6.92 Å². The topological polar surface area (TPSA) is 46.3 Å². The van der Waals surface area contributed by atoms with Gasteiger partial charge in [-0.3, -0.25) is 0 Å². The Bertz CT molecular complexity index is 505. The standard InChI is InChI=1S/C17H23NO2/c1-14-16(12-8-3-2-4-9-13-19)18-17(20-14)15-10-6-5-7-11-15/h5-7,10-11,19H,2-4,8-9,12-13H2,1H3. The molecule has 0 aliphatic carbocycles. The summed E-state index contributed by atoms with van der Waals surface area (Å²) in [4.78, 5) is 4.61. The van der Waals surface area contributed by atoms with E-state index >= 15 is 0 Å². The summed E-state index contributed by atoms with van der Waals surface area (Å²) in [5.41, 5.74) is 2.11. The Balaban J connectivity index is 1.85. The number of aliphatic hydroxyl groups is 1. The van der Waals surface area contributed by atoms with Crippen LogP contribution >= 0.6 is 0 Å². The van der Waals surface area contributed by atoms with Crippen molar-refractivity contribution in [3.8, 4) is 11.5 Å². The molecule has 0 spiro atoms. The molecule has 0 amide bonds. The third-order valence-corrected chi connectivity index (χ3v) is 3.49. The van der Waals surface area contributed by atoms with Gasteiger partial charge in [0.15, 0.2) is 0 Å². The SMILES string of the molecule is Cc1oc(-c2ccccc2)nc1CCCCCCCO. The molecule has 1 N–H and O–H groups in total. The van der Waals surface area contributed by atoms with Crippen LogP contribution in [0.5, 0.6) is 0 Å². The van der Waals surface area contributed by atoms with E-state index in [0.717, 1.165) is 48.6 Å². The van der Waals surface area contributed by atoms with E-state index in [1.54, 1.807) is 0 Å². The third kappa shape index (κ3) is 4.20. The maximum Gasteiger partial charge on any atom is 0.226 e. The molecule has 0 saturated heterocycles. The molecule has 1 aromatic heterocycles. The van der Waals surface area contributed by atoms with Crippen molar-refractivity contribution in [2.45, 2.75) is 45.4 Å². The summed E-state index contributed by atoms with van der Waals surface area (Å²) in [6.07, 6.45) is 6.51. The number of benzene rings is 1. The second kappa shape index (κ2) is 7.85. The summed E-state index contributed by atoms with van der Waals surface area (Å²) in [6, 6.07) is 10.0. The third-order valence-electron chi connectivity index (χ3n) is 3.49. The largest absolute Gasteiger partial charge is 0.441 e. The summed E-state index contributed by atoms with van der Waals surface area (Å²) < 4.78 is 5.75. The van der Waals surface area contributed by atoms with Crippen LogP contribution in [-0.4, -0.2) is 16.7 Å². The normalized spacial score (nSPS) is 10.9. The number of oxazole rings is 1. The minimum Gasteiger partial charge on any atom is -0.441 e. The first-order chi connectivity index (χ1) is 9.81. The van der Waals surface area contributed by atoms with Crippen molar-refractivity contribution in [3.63, 3.8) is 0 Å². The van der Waals surface area contributed by atoms with Gasteiger partial charge in [-0.2, -0.15) is 0 Å². The fourth-order valence-electron chi connectivity index (χ4n) is 2.30. The van der Waals surface area contributed by atoms with Crippen molar-refractivity contribution in [2.24, 2.45) is 0 Å². The van der Waals surface area contributed by atoms with Crippen LogP contribution in [0.25, 0.3) is 11.5 Å².